The van der Waals surface area contributed by atoms with Crippen LogP contribution in [0.2, 0.25) is 0 Å². The maximum Gasteiger partial charge on any atom is 0.0415 e. The zero-order valence-corrected chi connectivity index (χ0v) is 7.46. The van der Waals surface area contributed by atoms with Crippen LogP contribution in [0.1, 0.15) is 18.9 Å². The number of benzene rings is 1. The first-order valence-corrected chi connectivity index (χ1v) is 4.12. The summed E-state index contributed by atoms with van der Waals surface area (Å²) in [6.07, 6.45) is 2.66. The second-order valence-corrected chi connectivity index (χ2v) is 3.28. The van der Waals surface area contributed by atoms with Gasteiger partial charge in [0.05, 0.1) is 0 Å². The summed E-state index contributed by atoms with van der Waals surface area (Å²) in [6.45, 7) is 5.71. The Labute approximate surface area is 73.9 Å². The summed E-state index contributed by atoms with van der Waals surface area (Å²) in [5, 5.41) is 0. The summed E-state index contributed by atoms with van der Waals surface area (Å²) < 4.78 is 0. The lowest BCUT2D eigenvalue weighted by molar-refractivity contribution is 0.502. The third-order valence-corrected chi connectivity index (χ3v) is 2.00. The van der Waals surface area contributed by atoms with Crippen molar-refractivity contribution in [2.24, 2.45) is 5.73 Å². The summed E-state index contributed by atoms with van der Waals surface area (Å²) in [6, 6.07) is 10.1. The van der Waals surface area contributed by atoms with Crippen LogP contribution in [0.25, 0.3) is 0 Å². The standard InChI is InChI=1S/C11H15N/c1-3-9-11(2,12)10-7-5-4-6-8-10/h3-8H,1,9,12H2,2H3/t11-/m0/s1. The van der Waals surface area contributed by atoms with Gasteiger partial charge in [-0.25, -0.2) is 0 Å². The van der Waals surface area contributed by atoms with E-state index in [-0.39, 0.29) is 5.54 Å². The highest BCUT2D eigenvalue weighted by Gasteiger charge is 2.17. The molecular formula is C11H15N. The molecule has 0 spiro atoms. The predicted octanol–water partition coefficient (Wildman–Crippen LogP) is 2.44. The van der Waals surface area contributed by atoms with Crippen LogP contribution in [-0.2, 0) is 5.54 Å². The normalized spacial score (nSPS) is 15.2. The zero-order valence-electron chi connectivity index (χ0n) is 7.46. The molecular weight excluding hydrogens is 146 g/mol. The van der Waals surface area contributed by atoms with Gasteiger partial charge in [-0.1, -0.05) is 36.4 Å². The molecule has 0 radical (unpaired) electrons. The molecule has 0 amide bonds. The molecule has 0 unspecified atom stereocenters. The van der Waals surface area contributed by atoms with Gasteiger partial charge in [0, 0.05) is 5.54 Å². The molecule has 0 heterocycles. The van der Waals surface area contributed by atoms with Crippen molar-refractivity contribution in [2.75, 3.05) is 0 Å². The monoisotopic (exact) mass is 161 g/mol. The van der Waals surface area contributed by atoms with Crippen LogP contribution in [0.5, 0.6) is 0 Å². The number of hydrogen-bond acceptors (Lipinski definition) is 1. The lowest BCUT2D eigenvalue weighted by Crippen LogP contribution is -2.32. The average molecular weight is 161 g/mol. The third kappa shape index (κ3) is 1.95. The van der Waals surface area contributed by atoms with Crippen molar-refractivity contribution in [1.82, 2.24) is 0 Å². The molecule has 0 bridgehead atoms. The lowest BCUT2D eigenvalue weighted by Gasteiger charge is -2.23. The third-order valence-electron chi connectivity index (χ3n) is 2.00. The first-order valence-electron chi connectivity index (χ1n) is 4.12. The summed E-state index contributed by atoms with van der Waals surface area (Å²) in [7, 11) is 0. The van der Waals surface area contributed by atoms with Gasteiger partial charge in [0.2, 0.25) is 0 Å². The van der Waals surface area contributed by atoms with E-state index in [4.69, 9.17) is 5.73 Å². The van der Waals surface area contributed by atoms with E-state index in [0.717, 1.165) is 12.0 Å². The molecule has 0 aromatic heterocycles. The minimum atomic E-state index is -0.275. The minimum absolute atomic E-state index is 0.275. The van der Waals surface area contributed by atoms with Gasteiger partial charge in [-0.15, -0.1) is 6.58 Å². The first-order chi connectivity index (χ1) is 5.67. The fraction of sp³-hybridized carbons (Fsp3) is 0.273. The Kier molecular flexibility index (Phi) is 2.66. The van der Waals surface area contributed by atoms with E-state index >= 15 is 0 Å². The van der Waals surface area contributed by atoms with Gasteiger partial charge in [-0.2, -0.15) is 0 Å². The Bertz CT molecular complexity index is 249. The van der Waals surface area contributed by atoms with E-state index in [0.29, 0.717) is 0 Å². The van der Waals surface area contributed by atoms with Gasteiger partial charge in [0.1, 0.15) is 0 Å². The summed E-state index contributed by atoms with van der Waals surface area (Å²) in [5.41, 5.74) is 6.96. The molecule has 1 heteroatoms. The van der Waals surface area contributed by atoms with E-state index in [2.05, 4.69) is 6.58 Å². The predicted molar refractivity (Wildman–Crippen MR) is 52.8 cm³/mol. The molecule has 0 aliphatic heterocycles. The molecule has 0 fully saturated rings. The zero-order chi connectivity index (χ0) is 9.03. The van der Waals surface area contributed by atoms with Gasteiger partial charge in [-0.05, 0) is 18.9 Å². The maximum atomic E-state index is 6.08. The Hall–Kier alpha value is -1.08. The van der Waals surface area contributed by atoms with Crippen molar-refractivity contribution in [3.05, 3.63) is 48.6 Å². The minimum Gasteiger partial charge on any atom is -0.321 e. The fourth-order valence-electron chi connectivity index (χ4n) is 1.24. The van der Waals surface area contributed by atoms with Gasteiger partial charge >= 0.3 is 0 Å². The molecule has 0 aliphatic carbocycles. The topological polar surface area (TPSA) is 26.0 Å². The molecule has 2 N–H and O–H groups in total. The lowest BCUT2D eigenvalue weighted by atomic mass is 9.90. The van der Waals surface area contributed by atoms with E-state index in [1.165, 1.54) is 0 Å². The quantitative estimate of drug-likeness (QED) is 0.677. The summed E-state index contributed by atoms with van der Waals surface area (Å²) in [5.74, 6) is 0. The summed E-state index contributed by atoms with van der Waals surface area (Å²) >= 11 is 0. The second-order valence-electron chi connectivity index (χ2n) is 3.28. The van der Waals surface area contributed by atoms with Gasteiger partial charge in [0.25, 0.3) is 0 Å². The highest BCUT2D eigenvalue weighted by atomic mass is 14.7. The SMILES string of the molecule is C=CC[C@](C)(N)c1ccccc1. The van der Waals surface area contributed by atoms with Crippen LogP contribution >= 0.6 is 0 Å². The fourth-order valence-corrected chi connectivity index (χ4v) is 1.24. The molecule has 0 saturated heterocycles. The highest BCUT2D eigenvalue weighted by molar-refractivity contribution is 5.23. The van der Waals surface area contributed by atoms with Crippen molar-refractivity contribution < 1.29 is 0 Å². The van der Waals surface area contributed by atoms with Crippen LogP contribution in [-0.4, -0.2) is 0 Å². The molecule has 1 aromatic carbocycles. The molecule has 1 nitrogen and oxygen atoms in total. The van der Waals surface area contributed by atoms with Gasteiger partial charge < -0.3 is 5.73 Å². The van der Waals surface area contributed by atoms with Gasteiger partial charge in [-0.3, -0.25) is 0 Å². The van der Waals surface area contributed by atoms with Gasteiger partial charge in [0.15, 0.2) is 0 Å². The number of rotatable bonds is 3. The first kappa shape index (κ1) is 9.01. The van der Waals surface area contributed by atoms with Crippen molar-refractivity contribution in [2.45, 2.75) is 18.9 Å². The van der Waals surface area contributed by atoms with Crippen LogP contribution < -0.4 is 5.73 Å². The Balaban J connectivity index is 2.89. The smallest absolute Gasteiger partial charge is 0.0415 e. The van der Waals surface area contributed by atoms with Crippen molar-refractivity contribution in [3.63, 3.8) is 0 Å². The van der Waals surface area contributed by atoms with Crippen molar-refractivity contribution in [3.8, 4) is 0 Å². The molecule has 1 atom stereocenters. The molecule has 0 aliphatic rings. The van der Waals surface area contributed by atoms with Crippen LogP contribution in [0.3, 0.4) is 0 Å². The number of nitrogens with two attached hydrogens (primary N) is 1. The molecule has 0 saturated carbocycles. The van der Waals surface area contributed by atoms with Crippen LogP contribution in [0.4, 0.5) is 0 Å². The Morgan fingerprint density at radius 3 is 2.50 bits per heavy atom. The molecule has 12 heavy (non-hydrogen) atoms. The van der Waals surface area contributed by atoms with E-state index in [1.807, 2.05) is 43.3 Å². The summed E-state index contributed by atoms with van der Waals surface area (Å²) in [4.78, 5) is 0. The van der Waals surface area contributed by atoms with Crippen LogP contribution in [0.15, 0.2) is 43.0 Å². The van der Waals surface area contributed by atoms with E-state index < -0.39 is 0 Å². The molecule has 1 aromatic rings. The highest BCUT2D eigenvalue weighted by Crippen LogP contribution is 2.20. The number of hydrogen-bond donors (Lipinski definition) is 1. The largest absolute Gasteiger partial charge is 0.321 e. The molecule has 1 rings (SSSR count). The Morgan fingerprint density at radius 1 is 1.42 bits per heavy atom. The van der Waals surface area contributed by atoms with Crippen LogP contribution in [0, 0.1) is 0 Å². The van der Waals surface area contributed by atoms with E-state index in [9.17, 15) is 0 Å². The van der Waals surface area contributed by atoms with E-state index in [1.54, 1.807) is 0 Å². The average Bonchev–Trinajstić information content (AvgIpc) is 2.06. The Morgan fingerprint density at radius 2 is 2.00 bits per heavy atom. The second kappa shape index (κ2) is 3.55. The van der Waals surface area contributed by atoms with Crippen molar-refractivity contribution in [1.29, 1.82) is 0 Å². The molecule has 64 valence electrons. The maximum absolute atomic E-state index is 6.08. The van der Waals surface area contributed by atoms with Crippen molar-refractivity contribution >= 4 is 0 Å².